The van der Waals surface area contributed by atoms with Gasteiger partial charge in [-0.05, 0) is 18.8 Å². The normalized spacial score (nSPS) is 34.8. The number of carbonyl (C=O) groups excluding carboxylic acids is 1. The Morgan fingerprint density at radius 2 is 2.30 bits per heavy atom. The summed E-state index contributed by atoms with van der Waals surface area (Å²) in [5.41, 5.74) is 0. The Kier molecular flexibility index (Phi) is 2.60. The van der Waals surface area contributed by atoms with Crippen LogP contribution in [0.1, 0.15) is 19.8 Å². The minimum atomic E-state index is -0.190. The molecule has 2 atom stereocenters. The van der Waals surface area contributed by atoms with Gasteiger partial charge >= 0.3 is 5.97 Å². The SMILES string of the molecule is CC1CCC(S)C(=O)OC1. The first kappa shape index (κ1) is 7.92. The summed E-state index contributed by atoms with van der Waals surface area (Å²) in [6.07, 6.45) is 1.89. The lowest BCUT2D eigenvalue weighted by Crippen LogP contribution is -2.15. The first-order valence-electron chi connectivity index (χ1n) is 3.55. The fourth-order valence-electron chi connectivity index (χ4n) is 0.964. The first-order chi connectivity index (χ1) is 4.70. The van der Waals surface area contributed by atoms with Crippen molar-refractivity contribution in [2.45, 2.75) is 25.0 Å². The van der Waals surface area contributed by atoms with Crippen LogP contribution in [0.4, 0.5) is 0 Å². The van der Waals surface area contributed by atoms with Crippen molar-refractivity contribution in [1.29, 1.82) is 0 Å². The van der Waals surface area contributed by atoms with Gasteiger partial charge in [0.25, 0.3) is 0 Å². The lowest BCUT2D eigenvalue weighted by Gasteiger charge is -2.03. The largest absolute Gasteiger partial charge is 0.465 e. The van der Waals surface area contributed by atoms with Crippen molar-refractivity contribution in [3.63, 3.8) is 0 Å². The highest BCUT2D eigenvalue weighted by molar-refractivity contribution is 7.81. The second-order valence-corrected chi connectivity index (χ2v) is 3.45. The maximum atomic E-state index is 10.9. The van der Waals surface area contributed by atoms with E-state index in [4.69, 9.17) is 4.74 Å². The van der Waals surface area contributed by atoms with Crippen LogP contribution < -0.4 is 0 Å². The number of hydrogen-bond acceptors (Lipinski definition) is 3. The van der Waals surface area contributed by atoms with Crippen LogP contribution >= 0.6 is 12.6 Å². The van der Waals surface area contributed by atoms with Crippen molar-refractivity contribution in [3.05, 3.63) is 0 Å². The van der Waals surface area contributed by atoms with Gasteiger partial charge in [-0.1, -0.05) is 6.92 Å². The zero-order valence-electron chi connectivity index (χ0n) is 6.04. The van der Waals surface area contributed by atoms with E-state index in [0.717, 1.165) is 12.8 Å². The molecule has 1 heterocycles. The van der Waals surface area contributed by atoms with E-state index < -0.39 is 0 Å². The monoisotopic (exact) mass is 160 g/mol. The topological polar surface area (TPSA) is 26.3 Å². The molecule has 0 aliphatic carbocycles. The molecule has 3 heteroatoms. The molecule has 0 aromatic rings. The van der Waals surface area contributed by atoms with Crippen LogP contribution in [0, 0.1) is 5.92 Å². The van der Waals surface area contributed by atoms with Crippen molar-refractivity contribution in [2.75, 3.05) is 6.61 Å². The van der Waals surface area contributed by atoms with Crippen LogP contribution in [0.3, 0.4) is 0 Å². The van der Waals surface area contributed by atoms with Crippen LogP contribution in [0.25, 0.3) is 0 Å². The third kappa shape index (κ3) is 1.90. The highest BCUT2D eigenvalue weighted by atomic mass is 32.1. The van der Waals surface area contributed by atoms with E-state index in [-0.39, 0.29) is 11.2 Å². The Balaban J connectivity index is 2.46. The summed E-state index contributed by atoms with van der Waals surface area (Å²) in [7, 11) is 0. The van der Waals surface area contributed by atoms with Gasteiger partial charge in [0.2, 0.25) is 0 Å². The van der Waals surface area contributed by atoms with Gasteiger partial charge in [0.05, 0.1) is 11.9 Å². The Morgan fingerprint density at radius 3 is 3.00 bits per heavy atom. The lowest BCUT2D eigenvalue weighted by molar-refractivity contribution is -0.142. The summed E-state index contributed by atoms with van der Waals surface area (Å²) in [4.78, 5) is 10.9. The smallest absolute Gasteiger partial charge is 0.318 e. The molecule has 2 unspecified atom stereocenters. The predicted octanol–water partition coefficient (Wildman–Crippen LogP) is 1.26. The summed E-state index contributed by atoms with van der Waals surface area (Å²) in [6.45, 7) is 2.65. The number of ether oxygens (including phenoxy) is 1. The van der Waals surface area contributed by atoms with E-state index in [1.54, 1.807) is 0 Å². The molecule has 0 amide bonds. The highest BCUT2D eigenvalue weighted by Gasteiger charge is 2.21. The minimum Gasteiger partial charge on any atom is -0.465 e. The quantitative estimate of drug-likeness (QED) is 0.426. The zero-order chi connectivity index (χ0) is 7.56. The summed E-state index contributed by atoms with van der Waals surface area (Å²) >= 11 is 4.09. The van der Waals surface area contributed by atoms with Crippen molar-refractivity contribution in [2.24, 2.45) is 5.92 Å². The van der Waals surface area contributed by atoms with Crippen molar-refractivity contribution >= 4 is 18.6 Å². The van der Waals surface area contributed by atoms with Crippen LogP contribution in [-0.4, -0.2) is 17.8 Å². The Labute approximate surface area is 66.4 Å². The molecule has 10 heavy (non-hydrogen) atoms. The highest BCUT2D eigenvalue weighted by Crippen LogP contribution is 2.17. The van der Waals surface area contributed by atoms with Crippen LogP contribution in [0.2, 0.25) is 0 Å². The zero-order valence-corrected chi connectivity index (χ0v) is 6.93. The van der Waals surface area contributed by atoms with E-state index in [0.29, 0.717) is 12.5 Å². The van der Waals surface area contributed by atoms with Gasteiger partial charge in [-0.25, -0.2) is 0 Å². The molecule has 0 N–H and O–H groups in total. The Morgan fingerprint density at radius 1 is 1.60 bits per heavy atom. The fourth-order valence-corrected chi connectivity index (χ4v) is 1.19. The van der Waals surface area contributed by atoms with Crippen molar-refractivity contribution in [1.82, 2.24) is 0 Å². The molecule has 0 aromatic carbocycles. The second-order valence-electron chi connectivity index (χ2n) is 2.83. The average molecular weight is 160 g/mol. The molecule has 0 spiro atoms. The molecule has 58 valence electrons. The van der Waals surface area contributed by atoms with E-state index in [1.807, 2.05) is 0 Å². The Hall–Kier alpha value is -0.180. The predicted molar refractivity (Wildman–Crippen MR) is 42.1 cm³/mol. The van der Waals surface area contributed by atoms with E-state index in [9.17, 15) is 4.79 Å². The molecular weight excluding hydrogens is 148 g/mol. The molecular formula is C7H12O2S. The standard InChI is InChI=1S/C7H12O2S/c1-5-2-3-6(10)7(8)9-4-5/h5-6,10H,2-4H2,1H3. The van der Waals surface area contributed by atoms with E-state index in [2.05, 4.69) is 19.6 Å². The average Bonchev–Trinajstić information content (AvgIpc) is 2.04. The molecule has 1 aliphatic rings. The van der Waals surface area contributed by atoms with Crippen LogP contribution in [0.15, 0.2) is 0 Å². The number of carbonyl (C=O) groups is 1. The molecule has 1 saturated heterocycles. The number of rotatable bonds is 0. The first-order valence-corrected chi connectivity index (χ1v) is 4.06. The minimum absolute atomic E-state index is 0.160. The van der Waals surface area contributed by atoms with Crippen LogP contribution in [-0.2, 0) is 9.53 Å². The number of cyclic esters (lactones) is 1. The number of hydrogen-bond donors (Lipinski definition) is 1. The van der Waals surface area contributed by atoms with Gasteiger partial charge in [-0.2, -0.15) is 12.6 Å². The lowest BCUT2D eigenvalue weighted by atomic mass is 10.1. The second kappa shape index (κ2) is 3.28. The van der Waals surface area contributed by atoms with Crippen LogP contribution in [0.5, 0.6) is 0 Å². The molecule has 1 fully saturated rings. The Bertz CT molecular complexity index is 136. The summed E-state index contributed by atoms with van der Waals surface area (Å²) in [5.74, 6) is 0.341. The molecule has 1 aliphatic heterocycles. The molecule has 2 nitrogen and oxygen atoms in total. The van der Waals surface area contributed by atoms with Gasteiger partial charge in [-0.15, -0.1) is 0 Å². The van der Waals surface area contributed by atoms with Crippen molar-refractivity contribution in [3.8, 4) is 0 Å². The van der Waals surface area contributed by atoms with E-state index in [1.165, 1.54) is 0 Å². The van der Waals surface area contributed by atoms with Gasteiger partial charge in [0.15, 0.2) is 0 Å². The molecule has 1 rings (SSSR count). The summed E-state index contributed by atoms with van der Waals surface area (Å²) < 4.78 is 4.91. The molecule has 0 bridgehead atoms. The number of thiol groups is 1. The van der Waals surface area contributed by atoms with Gasteiger partial charge in [0, 0.05) is 0 Å². The van der Waals surface area contributed by atoms with Crippen molar-refractivity contribution < 1.29 is 9.53 Å². The van der Waals surface area contributed by atoms with Gasteiger partial charge in [0.1, 0.15) is 0 Å². The number of esters is 1. The maximum Gasteiger partial charge on any atom is 0.318 e. The fraction of sp³-hybridized carbons (Fsp3) is 0.857. The molecule has 0 aromatic heterocycles. The third-order valence-corrected chi connectivity index (χ3v) is 2.18. The van der Waals surface area contributed by atoms with Gasteiger partial charge < -0.3 is 4.74 Å². The molecule has 0 radical (unpaired) electrons. The molecule has 0 saturated carbocycles. The maximum absolute atomic E-state index is 10.9. The third-order valence-electron chi connectivity index (χ3n) is 1.72. The van der Waals surface area contributed by atoms with Gasteiger partial charge in [-0.3, -0.25) is 4.79 Å². The summed E-state index contributed by atoms with van der Waals surface area (Å²) in [5, 5.41) is -0.190. The summed E-state index contributed by atoms with van der Waals surface area (Å²) in [6, 6.07) is 0. The van der Waals surface area contributed by atoms with E-state index >= 15 is 0 Å².